The van der Waals surface area contributed by atoms with Gasteiger partial charge in [-0.15, -0.1) is 0 Å². The van der Waals surface area contributed by atoms with Gasteiger partial charge in [-0.3, -0.25) is 19.9 Å². The van der Waals surface area contributed by atoms with E-state index in [0.717, 1.165) is 28.8 Å². The van der Waals surface area contributed by atoms with Gasteiger partial charge in [-0.05, 0) is 43.5 Å². The third-order valence-corrected chi connectivity index (χ3v) is 5.94. The zero-order valence-corrected chi connectivity index (χ0v) is 17.2. The fourth-order valence-electron chi connectivity index (χ4n) is 3.28. The Morgan fingerprint density at radius 2 is 2.00 bits per heavy atom. The number of nitrogens with zero attached hydrogens (tertiary/aromatic N) is 2. The lowest BCUT2D eigenvalue weighted by Crippen LogP contribution is -2.25. The molecule has 1 aliphatic rings. The lowest BCUT2D eigenvalue weighted by Gasteiger charge is -2.11. The van der Waals surface area contributed by atoms with E-state index in [4.69, 9.17) is 4.42 Å². The van der Waals surface area contributed by atoms with Crippen molar-refractivity contribution in [2.75, 3.05) is 0 Å². The number of aromatic nitrogens is 2. The molecule has 2 N–H and O–H groups in total. The van der Waals surface area contributed by atoms with Crippen molar-refractivity contribution in [1.29, 1.82) is 0 Å². The third-order valence-electron chi connectivity index (χ3n) is 4.96. The highest BCUT2D eigenvalue weighted by atomic mass is 32.2. The standard InChI is InChI=1S/C22H21N3O4S/c1-13-17(24-21(29-13)14-5-3-2-4-6-14)9-10-18(26)15-7-8-16(23-12-15)11-19-20(27)25-22(28)30-19/h2-8,12,18-19,26H,9-11H2,1H3,(H,25,27,28). The van der Waals surface area contributed by atoms with E-state index in [-0.39, 0.29) is 11.1 Å². The maximum atomic E-state index is 11.7. The minimum atomic E-state index is -0.687. The monoisotopic (exact) mass is 423 g/mol. The van der Waals surface area contributed by atoms with Crippen LogP contribution < -0.4 is 5.32 Å². The molecule has 30 heavy (non-hydrogen) atoms. The molecule has 7 nitrogen and oxygen atoms in total. The Kier molecular flexibility index (Phi) is 5.96. The minimum absolute atomic E-state index is 0.284. The van der Waals surface area contributed by atoms with Crippen LogP contribution in [-0.4, -0.2) is 31.5 Å². The zero-order valence-electron chi connectivity index (χ0n) is 16.4. The number of rotatable bonds is 7. The SMILES string of the molecule is Cc1oc(-c2ccccc2)nc1CCC(O)c1ccc(CC2SC(=O)NC2=O)nc1. The third kappa shape index (κ3) is 4.60. The van der Waals surface area contributed by atoms with Crippen LogP contribution >= 0.6 is 11.8 Å². The summed E-state index contributed by atoms with van der Waals surface area (Å²) >= 11 is 0.982. The molecule has 154 valence electrons. The van der Waals surface area contributed by atoms with Gasteiger partial charge in [0.25, 0.3) is 5.24 Å². The van der Waals surface area contributed by atoms with Crippen LogP contribution in [0.1, 0.15) is 35.2 Å². The average molecular weight is 423 g/mol. The molecule has 2 atom stereocenters. The summed E-state index contributed by atoms with van der Waals surface area (Å²) in [6.07, 6.45) is 2.36. The Morgan fingerprint density at radius 1 is 1.20 bits per heavy atom. The number of amides is 2. The molecule has 0 bridgehead atoms. The number of nitrogens with one attached hydrogen (secondary N) is 1. The second-order valence-electron chi connectivity index (χ2n) is 7.11. The number of aryl methyl sites for hydroxylation is 2. The summed E-state index contributed by atoms with van der Waals surface area (Å²) in [6, 6.07) is 13.3. The van der Waals surface area contributed by atoms with E-state index in [9.17, 15) is 14.7 Å². The molecule has 3 aromatic rings. The number of benzene rings is 1. The zero-order chi connectivity index (χ0) is 21.1. The van der Waals surface area contributed by atoms with Crippen molar-refractivity contribution in [3.8, 4) is 11.5 Å². The van der Waals surface area contributed by atoms with Crippen molar-refractivity contribution >= 4 is 22.9 Å². The van der Waals surface area contributed by atoms with Gasteiger partial charge in [-0.2, -0.15) is 0 Å². The predicted octanol–water partition coefficient (Wildman–Crippen LogP) is 3.61. The molecule has 1 aromatic carbocycles. The first-order valence-electron chi connectivity index (χ1n) is 9.65. The summed E-state index contributed by atoms with van der Waals surface area (Å²) in [6.45, 7) is 1.87. The van der Waals surface area contributed by atoms with Gasteiger partial charge in [-0.1, -0.05) is 36.0 Å². The van der Waals surface area contributed by atoms with Crippen LogP contribution in [0.4, 0.5) is 4.79 Å². The molecular weight excluding hydrogens is 402 g/mol. The second kappa shape index (κ2) is 8.81. The molecule has 8 heteroatoms. The molecule has 3 heterocycles. The quantitative estimate of drug-likeness (QED) is 0.598. The molecule has 0 saturated carbocycles. The van der Waals surface area contributed by atoms with E-state index in [1.165, 1.54) is 0 Å². The van der Waals surface area contributed by atoms with Crippen molar-refractivity contribution in [3.63, 3.8) is 0 Å². The minimum Gasteiger partial charge on any atom is -0.441 e. The largest absolute Gasteiger partial charge is 0.441 e. The van der Waals surface area contributed by atoms with Gasteiger partial charge >= 0.3 is 0 Å². The summed E-state index contributed by atoms with van der Waals surface area (Å²) in [5.74, 6) is 1.04. The first kappa shape index (κ1) is 20.3. The Balaban J connectivity index is 1.35. The number of imide groups is 1. The maximum Gasteiger partial charge on any atom is 0.286 e. The predicted molar refractivity (Wildman–Crippen MR) is 113 cm³/mol. The Morgan fingerprint density at radius 3 is 2.67 bits per heavy atom. The highest BCUT2D eigenvalue weighted by molar-refractivity contribution is 8.15. The van der Waals surface area contributed by atoms with E-state index in [2.05, 4.69) is 15.3 Å². The van der Waals surface area contributed by atoms with Crippen LogP contribution in [0.15, 0.2) is 53.1 Å². The van der Waals surface area contributed by atoms with Gasteiger partial charge in [0.05, 0.1) is 17.0 Å². The smallest absolute Gasteiger partial charge is 0.286 e. The molecule has 1 fully saturated rings. The molecule has 2 aromatic heterocycles. The highest BCUT2D eigenvalue weighted by Crippen LogP contribution is 2.26. The van der Waals surface area contributed by atoms with Crippen molar-refractivity contribution in [2.45, 2.75) is 37.5 Å². The normalized spacial score (nSPS) is 17.2. The lowest BCUT2D eigenvalue weighted by molar-refractivity contribution is -0.118. The number of hydrogen-bond donors (Lipinski definition) is 2. The van der Waals surface area contributed by atoms with Crippen molar-refractivity contribution in [2.24, 2.45) is 0 Å². The summed E-state index contributed by atoms with van der Waals surface area (Å²) in [4.78, 5) is 31.8. The fourth-order valence-corrected chi connectivity index (χ4v) is 4.11. The molecule has 4 rings (SSSR count). The first-order chi connectivity index (χ1) is 14.5. The Bertz CT molecular complexity index is 1050. The van der Waals surface area contributed by atoms with Gasteiger partial charge in [0.1, 0.15) is 5.76 Å². The number of carbonyl (C=O) groups is 2. The van der Waals surface area contributed by atoms with E-state index >= 15 is 0 Å². The van der Waals surface area contributed by atoms with Gasteiger partial charge in [-0.25, -0.2) is 4.98 Å². The van der Waals surface area contributed by atoms with Crippen LogP contribution in [0.2, 0.25) is 0 Å². The Labute approximate surface area is 177 Å². The maximum absolute atomic E-state index is 11.7. The summed E-state index contributed by atoms with van der Waals surface area (Å²) in [5, 5.41) is 12.0. The van der Waals surface area contributed by atoms with Gasteiger partial charge < -0.3 is 9.52 Å². The van der Waals surface area contributed by atoms with Crippen LogP contribution in [-0.2, 0) is 17.6 Å². The van der Waals surface area contributed by atoms with E-state index in [1.807, 2.05) is 37.3 Å². The van der Waals surface area contributed by atoms with E-state index in [0.29, 0.717) is 36.4 Å². The van der Waals surface area contributed by atoms with Gasteiger partial charge in [0.15, 0.2) is 0 Å². The number of carbonyl (C=O) groups excluding carboxylic acids is 2. The highest BCUT2D eigenvalue weighted by Gasteiger charge is 2.31. The molecular formula is C22H21N3O4S. The van der Waals surface area contributed by atoms with Crippen LogP contribution in [0.25, 0.3) is 11.5 Å². The summed E-state index contributed by atoms with van der Waals surface area (Å²) in [5.41, 5.74) is 3.14. The van der Waals surface area contributed by atoms with Crippen LogP contribution in [0, 0.1) is 6.92 Å². The molecule has 1 aliphatic heterocycles. The van der Waals surface area contributed by atoms with Gasteiger partial charge in [0.2, 0.25) is 11.8 Å². The second-order valence-corrected chi connectivity index (χ2v) is 8.29. The van der Waals surface area contributed by atoms with Crippen molar-refractivity contribution in [3.05, 3.63) is 71.4 Å². The summed E-state index contributed by atoms with van der Waals surface area (Å²) in [7, 11) is 0. The molecule has 2 unspecified atom stereocenters. The number of oxazole rings is 1. The average Bonchev–Trinajstić information content (AvgIpc) is 3.28. The number of pyridine rings is 1. The molecule has 0 radical (unpaired) electrons. The van der Waals surface area contributed by atoms with Crippen molar-refractivity contribution < 1.29 is 19.1 Å². The number of aliphatic hydroxyl groups is 1. The van der Waals surface area contributed by atoms with E-state index < -0.39 is 11.4 Å². The summed E-state index contributed by atoms with van der Waals surface area (Å²) < 4.78 is 5.77. The Hall–Kier alpha value is -2.97. The number of aliphatic hydroxyl groups excluding tert-OH is 1. The van der Waals surface area contributed by atoms with Gasteiger partial charge in [0, 0.05) is 23.9 Å². The number of thioether (sulfide) groups is 1. The van der Waals surface area contributed by atoms with E-state index in [1.54, 1.807) is 18.3 Å². The fraction of sp³-hybridized carbons (Fsp3) is 0.273. The molecule has 2 amide bonds. The molecule has 0 spiro atoms. The van der Waals surface area contributed by atoms with Crippen LogP contribution in [0.5, 0.6) is 0 Å². The number of hydrogen-bond acceptors (Lipinski definition) is 7. The topological polar surface area (TPSA) is 105 Å². The first-order valence-corrected chi connectivity index (χ1v) is 10.5. The van der Waals surface area contributed by atoms with Crippen molar-refractivity contribution in [1.82, 2.24) is 15.3 Å². The lowest BCUT2D eigenvalue weighted by atomic mass is 10.0. The molecule has 1 saturated heterocycles. The molecule has 0 aliphatic carbocycles. The van der Waals surface area contributed by atoms with Crippen LogP contribution in [0.3, 0.4) is 0 Å².